The maximum Gasteiger partial charge on any atom is 0.176 e. The number of carbonyl (C=O) groups is 1. The van der Waals surface area contributed by atoms with Gasteiger partial charge in [-0.2, -0.15) is 5.10 Å². The minimum Gasteiger partial charge on any atom is -0.293 e. The van der Waals surface area contributed by atoms with Gasteiger partial charge in [-0.25, -0.2) is 0 Å². The van der Waals surface area contributed by atoms with Crippen LogP contribution in [0.3, 0.4) is 0 Å². The number of nitrogens with zero attached hydrogens (tertiary/aromatic N) is 1. The van der Waals surface area contributed by atoms with Crippen LogP contribution in [0.4, 0.5) is 0 Å². The van der Waals surface area contributed by atoms with Crippen LogP contribution in [0.25, 0.3) is 0 Å². The van der Waals surface area contributed by atoms with E-state index in [1.165, 1.54) is 0 Å². The average molecular weight is 203 g/mol. The van der Waals surface area contributed by atoms with E-state index in [9.17, 15) is 4.79 Å². The fraction of sp³-hybridized carbons (Fsp3) is 0.333. The van der Waals surface area contributed by atoms with Crippen molar-refractivity contribution in [2.75, 3.05) is 5.33 Å². The molecule has 1 N–H and O–H groups in total. The Hall–Kier alpha value is -0.640. The first-order valence-electron chi connectivity index (χ1n) is 2.85. The molecule has 0 amide bonds. The third-order valence-corrected chi connectivity index (χ3v) is 1.76. The Bertz CT molecular complexity index is 244. The Balaban J connectivity index is 2.93. The van der Waals surface area contributed by atoms with Crippen LogP contribution in [0.2, 0.25) is 0 Å². The monoisotopic (exact) mass is 202 g/mol. The molecule has 10 heavy (non-hydrogen) atoms. The molecule has 1 heterocycles. The van der Waals surface area contributed by atoms with E-state index in [1.807, 2.05) is 6.92 Å². The Morgan fingerprint density at radius 2 is 2.60 bits per heavy atom. The average Bonchev–Trinajstić information content (AvgIpc) is 2.34. The molecule has 4 heteroatoms. The predicted octanol–water partition coefficient (Wildman–Crippen LogP) is 1.30. The van der Waals surface area contributed by atoms with Crippen molar-refractivity contribution in [2.45, 2.75) is 6.92 Å². The molecular weight excluding hydrogens is 196 g/mol. The van der Waals surface area contributed by atoms with Crippen molar-refractivity contribution >= 4 is 21.7 Å². The molecule has 0 radical (unpaired) electrons. The van der Waals surface area contributed by atoms with Crippen LogP contribution >= 0.6 is 15.9 Å². The summed E-state index contributed by atoms with van der Waals surface area (Å²) in [6.45, 7) is 1.82. The standard InChI is InChI=1S/C6H7BrN2O/c1-4-5(3-8-9-4)6(10)2-7/h3H,2H2,1H3,(H,8,9). The van der Waals surface area contributed by atoms with E-state index in [0.717, 1.165) is 5.69 Å². The van der Waals surface area contributed by atoms with Gasteiger partial charge in [-0.05, 0) is 6.92 Å². The SMILES string of the molecule is Cc1[nH]ncc1C(=O)CBr. The smallest absolute Gasteiger partial charge is 0.176 e. The summed E-state index contributed by atoms with van der Waals surface area (Å²) in [5, 5.41) is 6.77. The van der Waals surface area contributed by atoms with Crippen molar-refractivity contribution in [3.05, 3.63) is 17.5 Å². The zero-order valence-electron chi connectivity index (χ0n) is 5.52. The third kappa shape index (κ3) is 1.26. The van der Waals surface area contributed by atoms with Crippen molar-refractivity contribution in [1.29, 1.82) is 0 Å². The van der Waals surface area contributed by atoms with E-state index in [4.69, 9.17) is 0 Å². The summed E-state index contributed by atoms with van der Waals surface area (Å²) in [5.74, 6) is 0.0613. The predicted molar refractivity (Wildman–Crippen MR) is 41.4 cm³/mol. The quantitative estimate of drug-likeness (QED) is 0.581. The van der Waals surface area contributed by atoms with Gasteiger partial charge in [0.25, 0.3) is 0 Å². The number of aryl methyl sites for hydroxylation is 1. The van der Waals surface area contributed by atoms with Crippen molar-refractivity contribution in [3.8, 4) is 0 Å². The highest BCUT2D eigenvalue weighted by molar-refractivity contribution is 9.09. The van der Waals surface area contributed by atoms with Crippen molar-refractivity contribution < 1.29 is 4.79 Å². The van der Waals surface area contributed by atoms with Crippen LogP contribution in [0.5, 0.6) is 0 Å². The number of Topliss-reactive ketones (excluding diaryl/α,β-unsaturated/α-hetero) is 1. The second-order valence-corrected chi connectivity index (χ2v) is 2.53. The molecular formula is C6H7BrN2O. The number of rotatable bonds is 2. The Labute approximate surface area is 67.0 Å². The molecule has 0 saturated carbocycles. The van der Waals surface area contributed by atoms with E-state index in [-0.39, 0.29) is 5.78 Å². The third-order valence-electron chi connectivity index (χ3n) is 1.25. The summed E-state index contributed by atoms with van der Waals surface area (Å²) < 4.78 is 0. The van der Waals surface area contributed by atoms with Gasteiger partial charge in [0.15, 0.2) is 5.78 Å². The zero-order valence-corrected chi connectivity index (χ0v) is 7.10. The minimum absolute atomic E-state index is 0.0613. The Kier molecular flexibility index (Phi) is 2.21. The molecule has 54 valence electrons. The van der Waals surface area contributed by atoms with Crippen LogP contribution < -0.4 is 0 Å². The van der Waals surface area contributed by atoms with Gasteiger partial charge in [0.05, 0.1) is 17.1 Å². The molecule has 0 aliphatic rings. The lowest BCUT2D eigenvalue weighted by molar-refractivity contribution is 0.102. The fourth-order valence-electron chi connectivity index (χ4n) is 0.704. The Morgan fingerprint density at radius 3 is 3.00 bits per heavy atom. The van der Waals surface area contributed by atoms with E-state index in [1.54, 1.807) is 6.20 Å². The van der Waals surface area contributed by atoms with Crippen LogP contribution in [0, 0.1) is 6.92 Å². The molecule has 0 aliphatic carbocycles. The molecule has 0 aliphatic heterocycles. The summed E-state index contributed by atoms with van der Waals surface area (Å²) in [5.41, 5.74) is 1.49. The highest BCUT2D eigenvalue weighted by Gasteiger charge is 2.07. The number of alkyl halides is 1. The summed E-state index contributed by atoms with van der Waals surface area (Å²) >= 11 is 3.08. The maximum atomic E-state index is 11.0. The number of halogens is 1. The largest absolute Gasteiger partial charge is 0.293 e. The van der Waals surface area contributed by atoms with Crippen LogP contribution in [-0.4, -0.2) is 21.3 Å². The molecule has 0 aromatic carbocycles. The van der Waals surface area contributed by atoms with E-state index in [2.05, 4.69) is 26.1 Å². The molecule has 0 fully saturated rings. The fourth-order valence-corrected chi connectivity index (χ4v) is 1.01. The van der Waals surface area contributed by atoms with Gasteiger partial charge in [-0.3, -0.25) is 9.89 Å². The molecule has 3 nitrogen and oxygen atoms in total. The number of nitrogens with one attached hydrogen (secondary N) is 1. The van der Waals surface area contributed by atoms with E-state index in [0.29, 0.717) is 10.9 Å². The first-order chi connectivity index (χ1) is 4.75. The second kappa shape index (κ2) is 2.96. The second-order valence-electron chi connectivity index (χ2n) is 1.97. The lowest BCUT2D eigenvalue weighted by Crippen LogP contribution is -1.99. The summed E-state index contributed by atoms with van der Waals surface area (Å²) in [4.78, 5) is 11.0. The molecule has 1 aromatic heterocycles. The molecule has 0 spiro atoms. The highest BCUT2D eigenvalue weighted by atomic mass is 79.9. The number of hydrogen-bond donors (Lipinski definition) is 1. The lowest BCUT2D eigenvalue weighted by Gasteiger charge is -1.90. The highest BCUT2D eigenvalue weighted by Crippen LogP contribution is 2.04. The molecule has 0 saturated heterocycles. The zero-order chi connectivity index (χ0) is 7.56. The molecule has 0 bridgehead atoms. The Morgan fingerprint density at radius 1 is 1.90 bits per heavy atom. The molecule has 0 atom stereocenters. The lowest BCUT2D eigenvalue weighted by atomic mass is 10.2. The van der Waals surface area contributed by atoms with Crippen molar-refractivity contribution in [3.63, 3.8) is 0 Å². The summed E-state index contributed by atoms with van der Waals surface area (Å²) in [6, 6.07) is 0. The number of aromatic nitrogens is 2. The van der Waals surface area contributed by atoms with Crippen LogP contribution in [0.1, 0.15) is 16.1 Å². The van der Waals surface area contributed by atoms with Crippen LogP contribution in [0.15, 0.2) is 6.20 Å². The van der Waals surface area contributed by atoms with Crippen LogP contribution in [-0.2, 0) is 0 Å². The van der Waals surface area contributed by atoms with Gasteiger partial charge in [-0.1, -0.05) is 15.9 Å². The minimum atomic E-state index is 0.0613. The molecule has 1 aromatic rings. The van der Waals surface area contributed by atoms with Crippen molar-refractivity contribution in [2.24, 2.45) is 0 Å². The number of ketones is 1. The number of aromatic amines is 1. The first kappa shape index (κ1) is 7.47. The number of hydrogen-bond acceptors (Lipinski definition) is 2. The number of carbonyl (C=O) groups excluding carboxylic acids is 1. The van der Waals surface area contributed by atoms with Gasteiger partial charge < -0.3 is 0 Å². The normalized spacial score (nSPS) is 9.80. The molecule has 1 rings (SSSR count). The maximum absolute atomic E-state index is 11.0. The van der Waals surface area contributed by atoms with Gasteiger partial charge >= 0.3 is 0 Å². The van der Waals surface area contributed by atoms with Gasteiger partial charge in [0.2, 0.25) is 0 Å². The molecule has 0 unspecified atom stereocenters. The summed E-state index contributed by atoms with van der Waals surface area (Å²) in [7, 11) is 0. The van der Waals surface area contributed by atoms with E-state index >= 15 is 0 Å². The van der Waals surface area contributed by atoms with Gasteiger partial charge in [0.1, 0.15) is 0 Å². The topological polar surface area (TPSA) is 45.8 Å². The first-order valence-corrected chi connectivity index (χ1v) is 3.97. The van der Waals surface area contributed by atoms with E-state index < -0.39 is 0 Å². The summed E-state index contributed by atoms with van der Waals surface area (Å²) in [6.07, 6.45) is 1.54. The number of H-pyrrole nitrogens is 1. The van der Waals surface area contributed by atoms with Gasteiger partial charge in [-0.15, -0.1) is 0 Å². The van der Waals surface area contributed by atoms with Crippen molar-refractivity contribution in [1.82, 2.24) is 10.2 Å². The van der Waals surface area contributed by atoms with Gasteiger partial charge in [0, 0.05) is 5.69 Å².